The number of likely N-dealkylation sites (tertiary alicyclic amines) is 1. The summed E-state index contributed by atoms with van der Waals surface area (Å²) in [6.07, 6.45) is 3.96. The van der Waals surface area contributed by atoms with E-state index in [9.17, 15) is 14.0 Å². The smallest absolute Gasteiger partial charge is 0.272 e. The average molecular weight is 434 g/mol. The molecule has 8 nitrogen and oxygen atoms in total. The predicted molar refractivity (Wildman–Crippen MR) is 117 cm³/mol. The fourth-order valence-electron chi connectivity index (χ4n) is 3.95. The van der Waals surface area contributed by atoms with Gasteiger partial charge in [-0.2, -0.15) is 5.26 Å². The van der Waals surface area contributed by atoms with Gasteiger partial charge >= 0.3 is 0 Å². The molecule has 1 saturated heterocycles. The number of hydrogen-bond donors (Lipinski definition) is 1. The quantitative estimate of drug-likeness (QED) is 0.680. The zero-order valence-electron chi connectivity index (χ0n) is 18.1. The number of likely N-dealkylation sites (N-methyl/N-ethyl adjacent to an activating group) is 1. The number of hydrogen-bond acceptors (Lipinski definition) is 5. The van der Waals surface area contributed by atoms with Gasteiger partial charge in [-0.3, -0.25) is 14.7 Å². The number of nitriles is 1. The highest BCUT2D eigenvalue weighted by Crippen LogP contribution is 2.25. The zero-order valence-corrected chi connectivity index (χ0v) is 18.1. The summed E-state index contributed by atoms with van der Waals surface area (Å²) in [6, 6.07) is 8.38. The van der Waals surface area contributed by atoms with Crippen LogP contribution in [0.4, 0.5) is 4.39 Å². The molecular formula is C23H23FN6O2. The average Bonchev–Trinajstić information content (AvgIpc) is 3.43. The van der Waals surface area contributed by atoms with Gasteiger partial charge in [0.05, 0.1) is 16.7 Å². The van der Waals surface area contributed by atoms with Crippen LogP contribution in [-0.2, 0) is 0 Å². The summed E-state index contributed by atoms with van der Waals surface area (Å²) in [5, 5.41) is 11.6. The Morgan fingerprint density at radius 2 is 2.06 bits per heavy atom. The summed E-state index contributed by atoms with van der Waals surface area (Å²) in [6.45, 7) is 2.92. The van der Waals surface area contributed by atoms with E-state index in [0.717, 1.165) is 6.42 Å². The third-order valence-corrected chi connectivity index (χ3v) is 5.94. The van der Waals surface area contributed by atoms with Crippen LogP contribution in [0.2, 0.25) is 0 Å². The van der Waals surface area contributed by atoms with Crippen LogP contribution in [0.15, 0.2) is 41.5 Å². The highest BCUT2D eigenvalue weighted by Gasteiger charge is 2.28. The minimum Gasteiger partial charge on any atom is -0.337 e. The Bertz CT molecular complexity index is 1270. The van der Waals surface area contributed by atoms with E-state index >= 15 is 0 Å². The van der Waals surface area contributed by atoms with Gasteiger partial charge in [-0.25, -0.2) is 14.1 Å². The van der Waals surface area contributed by atoms with Crippen molar-refractivity contribution in [2.75, 3.05) is 27.2 Å². The molecule has 0 spiro atoms. The van der Waals surface area contributed by atoms with Crippen LogP contribution in [0.3, 0.4) is 0 Å². The maximum absolute atomic E-state index is 14.3. The lowest BCUT2D eigenvalue weighted by molar-refractivity contribution is 0.0782. The van der Waals surface area contributed by atoms with Gasteiger partial charge in [0, 0.05) is 31.5 Å². The summed E-state index contributed by atoms with van der Waals surface area (Å²) in [5.41, 5.74) is 0.887. The van der Waals surface area contributed by atoms with Crippen LogP contribution in [0, 0.1) is 24.1 Å². The third kappa shape index (κ3) is 3.81. The number of carbonyl (C=O) groups is 1. The Morgan fingerprint density at radius 1 is 1.28 bits per heavy atom. The summed E-state index contributed by atoms with van der Waals surface area (Å²) >= 11 is 0. The van der Waals surface area contributed by atoms with Gasteiger partial charge in [0.25, 0.3) is 11.5 Å². The third-order valence-electron chi connectivity index (χ3n) is 5.94. The van der Waals surface area contributed by atoms with Gasteiger partial charge in [-0.05, 0) is 56.8 Å². The molecule has 0 bridgehead atoms. The zero-order chi connectivity index (χ0) is 23.0. The number of amides is 1. The molecule has 1 atom stereocenters. The number of rotatable bonds is 4. The van der Waals surface area contributed by atoms with Crippen molar-refractivity contribution in [2.45, 2.75) is 19.4 Å². The molecule has 4 rings (SSSR count). The summed E-state index contributed by atoms with van der Waals surface area (Å²) < 4.78 is 15.8. The van der Waals surface area contributed by atoms with Gasteiger partial charge in [0.1, 0.15) is 11.9 Å². The Balaban J connectivity index is 1.58. The molecule has 2 aromatic heterocycles. The van der Waals surface area contributed by atoms with E-state index in [0.29, 0.717) is 36.1 Å². The SMILES string of the molecule is Cc1c(-c2cn(-c3ccc(C(=O)N4CCC(N(C)C)C4)cn3)[nH]c2=O)ccc(C#N)c1F. The second kappa shape index (κ2) is 8.40. The fraction of sp³-hybridized carbons (Fsp3) is 0.304. The van der Waals surface area contributed by atoms with Gasteiger partial charge in [-0.15, -0.1) is 0 Å². The summed E-state index contributed by atoms with van der Waals surface area (Å²) in [5.74, 6) is -0.292. The monoisotopic (exact) mass is 434 g/mol. The molecule has 1 aliphatic rings. The molecule has 1 fully saturated rings. The number of carbonyl (C=O) groups excluding carboxylic acids is 1. The molecule has 32 heavy (non-hydrogen) atoms. The summed E-state index contributed by atoms with van der Waals surface area (Å²) in [7, 11) is 4.02. The van der Waals surface area contributed by atoms with E-state index in [1.54, 1.807) is 24.3 Å². The topological polar surface area (TPSA) is 98.0 Å². The molecule has 0 aliphatic carbocycles. The number of H-pyrrole nitrogens is 1. The molecule has 3 aromatic rings. The summed E-state index contributed by atoms with van der Waals surface area (Å²) in [4.78, 5) is 33.6. The van der Waals surface area contributed by atoms with Crippen molar-refractivity contribution in [1.29, 1.82) is 5.26 Å². The first kappa shape index (κ1) is 21.5. The van der Waals surface area contributed by atoms with Crippen molar-refractivity contribution in [3.05, 3.63) is 69.5 Å². The lowest BCUT2D eigenvalue weighted by atomic mass is 10.0. The highest BCUT2D eigenvalue weighted by molar-refractivity contribution is 5.94. The number of nitrogens with zero attached hydrogens (tertiary/aromatic N) is 5. The van der Waals surface area contributed by atoms with Crippen molar-refractivity contribution in [3.8, 4) is 23.0 Å². The van der Waals surface area contributed by atoms with Crippen LogP contribution >= 0.6 is 0 Å². The van der Waals surface area contributed by atoms with E-state index < -0.39 is 11.4 Å². The Hall–Kier alpha value is -3.77. The molecule has 0 radical (unpaired) electrons. The highest BCUT2D eigenvalue weighted by atomic mass is 19.1. The molecule has 1 unspecified atom stereocenters. The van der Waals surface area contributed by atoms with E-state index in [-0.39, 0.29) is 22.6 Å². The first-order valence-corrected chi connectivity index (χ1v) is 10.2. The van der Waals surface area contributed by atoms with Crippen molar-refractivity contribution in [3.63, 3.8) is 0 Å². The van der Waals surface area contributed by atoms with E-state index in [1.807, 2.05) is 19.0 Å². The number of benzene rings is 1. The molecule has 9 heteroatoms. The van der Waals surface area contributed by atoms with Gasteiger partial charge in [0.15, 0.2) is 5.82 Å². The number of pyridine rings is 1. The first-order valence-electron chi connectivity index (χ1n) is 10.2. The molecule has 1 aromatic carbocycles. The second-order valence-corrected chi connectivity index (χ2v) is 8.13. The molecule has 0 saturated carbocycles. The van der Waals surface area contributed by atoms with Crippen LogP contribution in [-0.4, -0.2) is 63.7 Å². The number of nitrogens with one attached hydrogen (secondary N) is 1. The van der Waals surface area contributed by atoms with Crippen LogP contribution < -0.4 is 5.56 Å². The maximum Gasteiger partial charge on any atom is 0.272 e. The van der Waals surface area contributed by atoms with Crippen LogP contribution in [0.5, 0.6) is 0 Å². The molecule has 1 amide bonds. The Morgan fingerprint density at radius 3 is 2.69 bits per heavy atom. The van der Waals surface area contributed by atoms with Crippen molar-refractivity contribution < 1.29 is 9.18 Å². The molecule has 164 valence electrons. The normalized spacial score (nSPS) is 15.9. The van der Waals surface area contributed by atoms with E-state index in [1.165, 1.54) is 30.1 Å². The number of halogens is 1. The van der Waals surface area contributed by atoms with Crippen molar-refractivity contribution >= 4 is 5.91 Å². The number of aromatic nitrogens is 3. The lowest BCUT2D eigenvalue weighted by Gasteiger charge is -2.20. The van der Waals surface area contributed by atoms with Gasteiger partial charge in [0.2, 0.25) is 0 Å². The van der Waals surface area contributed by atoms with Crippen LogP contribution in [0.1, 0.15) is 27.9 Å². The van der Waals surface area contributed by atoms with E-state index in [2.05, 4.69) is 15.0 Å². The second-order valence-electron chi connectivity index (χ2n) is 8.13. The van der Waals surface area contributed by atoms with Gasteiger partial charge in [-0.1, -0.05) is 6.07 Å². The minimum absolute atomic E-state index is 0.0704. The molecule has 1 N–H and O–H groups in total. The standard InChI is InChI=1S/C23H23FN6O2/c1-14-18(6-4-15(10-25)21(14)24)19-13-30(27-22(19)31)20-7-5-16(11-26-20)23(32)29-9-8-17(12-29)28(2)3/h4-7,11,13,17H,8-9,12H2,1-3H3,(H,27,31). The fourth-order valence-corrected chi connectivity index (χ4v) is 3.95. The Labute approximate surface area is 184 Å². The van der Waals surface area contributed by atoms with Gasteiger partial charge < -0.3 is 9.80 Å². The first-order chi connectivity index (χ1) is 15.3. The number of aromatic amines is 1. The van der Waals surface area contributed by atoms with Crippen LogP contribution in [0.25, 0.3) is 16.9 Å². The molecule has 3 heterocycles. The Kier molecular flexibility index (Phi) is 5.63. The maximum atomic E-state index is 14.3. The molecular weight excluding hydrogens is 411 g/mol. The van der Waals surface area contributed by atoms with Crippen molar-refractivity contribution in [2.24, 2.45) is 0 Å². The minimum atomic E-state index is -0.642. The van der Waals surface area contributed by atoms with E-state index in [4.69, 9.17) is 5.26 Å². The largest absolute Gasteiger partial charge is 0.337 e. The lowest BCUT2D eigenvalue weighted by Crippen LogP contribution is -2.34. The molecule has 1 aliphatic heterocycles. The van der Waals surface area contributed by atoms with Crippen molar-refractivity contribution in [1.82, 2.24) is 24.6 Å². The predicted octanol–water partition coefficient (Wildman–Crippen LogP) is 2.32.